The lowest BCUT2D eigenvalue weighted by molar-refractivity contribution is 0.134. The first-order valence-corrected chi connectivity index (χ1v) is 6.58. The summed E-state index contributed by atoms with van der Waals surface area (Å²) in [5.41, 5.74) is 3.26. The van der Waals surface area contributed by atoms with Crippen LogP contribution in [0.1, 0.15) is 30.1 Å². The second-order valence-electron chi connectivity index (χ2n) is 4.85. The summed E-state index contributed by atoms with van der Waals surface area (Å²) in [5.74, 6) is 0. The van der Waals surface area contributed by atoms with Crippen LogP contribution in [0.2, 0.25) is 0 Å². The van der Waals surface area contributed by atoms with Gasteiger partial charge in [-0.15, -0.1) is 0 Å². The van der Waals surface area contributed by atoms with Crippen LogP contribution < -0.4 is 5.32 Å². The number of nitrogens with zero attached hydrogens (tertiary/aromatic N) is 3. The molecule has 106 valence electrons. The van der Waals surface area contributed by atoms with E-state index in [0.29, 0.717) is 11.2 Å². The number of allylic oxidation sites excluding steroid dienone is 2. The van der Waals surface area contributed by atoms with Crippen LogP contribution in [0.5, 0.6) is 0 Å². The van der Waals surface area contributed by atoms with Gasteiger partial charge >= 0.3 is 0 Å². The highest BCUT2D eigenvalue weighted by atomic mass is 16.3. The third kappa shape index (κ3) is 2.95. The van der Waals surface area contributed by atoms with Crippen LogP contribution in [-0.2, 0) is 0 Å². The van der Waals surface area contributed by atoms with Crippen molar-refractivity contribution in [3.05, 3.63) is 54.0 Å². The quantitative estimate of drug-likeness (QED) is 0.646. The molecule has 2 aromatic rings. The average Bonchev–Trinajstić information content (AvgIpc) is 2.80. The standard InChI is InChI=1S/C15H20N4O/c1-5-6-7-10(2)18-15(20)13-9-16-19-12(4)8-11(3)17-14(13)19/h5-10,15,18,20H,1H2,2-4H3/b7-6-. The monoisotopic (exact) mass is 272 g/mol. The molecular weight excluding hydrogens is 252 g/mol. The van der Waals surface area contributed by atoms with Gasteiger partial charge in [0.1, 0.15) is 6.23 Å². The number of hydrogen-bond acceptors (Lipinski definition) is 4. The third-order valence-corrected chi connectivity index (χ3v) is 3.06. The molecule has 0 radical (unpaired) electrons. The van der Waals surface area contributed by atoms with Gasteiger partial charge in [0.2, 0.25) is 0 Å². The molecule has 2 heterocycles. The minimum absolute atomic E-state index is 0.0175. The van der Waals surface area contributed by atoms with E-state index >= 15 is 0 Å². The Morgan fingerprint density at radius 3 is 2.90 bits per heavy atom. The molecule has 0 amide bonds. The second-order valence-corrected chi connectivity index (χ2v) is 4.85. The summed E-state index contributed by atoms with van der Waals surface area (Å²) in [4.78, 5) is 4.45. The van der Waals surface area contributed by atoms with Crippen molar-refractivity contribution < 1.29 is 5.11 Å². The maximum absolute atomic E-state index is 10.3. The molecule has 0 aromatic carbocycles. The van der Waals surface area contributed by atoms with Gasteiger partial charge in [-0.25, -0.2) is 9.50 Å². The predicted octanol–water partition coefficient (Wildman–Crippen LogP) is 2.06. The zero-order valence-electron chi connectivity index (χ0n) is 12.0. The van der Waals surface area contributed by atoms with Crippen molar-refractivity contribution in [2.24, 2.45) is 0 Å². The second kappa shape index (κ2) is 5.98. The van der Waals surface area contributed by atoms with Gasteiger partial charge in [-0.05, 0) is 26.8 Å². The zero-order valence-corrected chi connectivity index (χ0v) is 12.0. The number of aromatic nitrogens is 3. The van der Waals surface area contributed by atoms with E-state index in [1.807, 2.05) is 39.0 Å². The van der Waals surface area contributed by atoms with Gasteiger partial charge < -0.3 is 5.11 Å². The van der Waals surface area contributed by atoms with Gasteiger partial charge in [0, 0.05) is 17.4 Å². The van der Waals surface area contributed by atoms with Crippen molar-refractivity contribution in [1.29, 1.82) is 0 Å². The minimum Gasteiger partial charge on any atom is -0.374 e. The Kier molecular flexibility index (Phi) is 4.32. The fourth-order valence-electron chi connectivity index (χ4n) is 2.12. The first-order chi connectivity index (χ1) is 9.52. The van der Waals surface area contributed by atoms with Gasteiger partial charge in [0.15, 0.2) is 5.65 Å². The maximum Gasteiger partial charge on any atom is 0.162 e. The van der Waals surface area contributed by atoms with E-state index in [0.717, 1.165) is 11.4 Å². The smallest absolute Gasteiger partial charge is 0.162 e. The molecule has 2 atom stereocenters. The predicted molar refractivity (Wildman–Crippen MR) is 79.4 cm³/mol. The SMILES string of the molecule is C=C/C=C\C(C)NC(O)c1cnn2c(C)cc(C)nc12. The molecule has 5 heteroatoms. The summed E-state index contributed by atoms with van der Waals surface area (Å²) < 4.78 is 1.73. The first kappa shape index (κ1) is 14.4. The molecule has 0 bridgehead atoms. The van der Waals surface area contributed by atoms with Crippen LogP contribution in [0, 0.1) is 13.8 Å². The van der Waals surface area contributed by atoms with E-state index in [9.17, 15) is 5.11 Å². The first-order valence-electron chi connectivity index (χ1n) is 6.58. The highest BCUT2D eigenvalue weighted by Crippen LogP contribution is 2.18. The van der Waals surface area contributed by atoms with E-state index in [-0.39, 0.29) is 6.04 Å². The Hall–Kier alpha value is -1.98. The largest absolute Gasteiger partial charge is 0.374 e. The Balaban J connectivity index is 2.28. The maximum atomic E-state index is 10.3. The molecule has 2 N–H and O–H groups in total. The van der Waals surface area contributed by atoms with Crippen LogP contribution in [0.25, 0.3) is 5.65 Å². The normalized spacial score (nSPS) is 14.8. The van der Waals surface area contributed by atoms with Gasteiger partial charge in [-0.3, -0.25) is 5.32 Å². The lowest BCUT2D eigenvalue weighted by Crippen LogP contribution is -2.28. The lowest BCUT2D eigenvalue weighted by Gasteiger charge is -2.15. The molecular formula is C15H20N4O. The molecule has 0 aliphatic heterocycles. The van der Waals surface area contributed by atoms with Crippen molar-refractivity contribution >= 4 is 5.65 Å². The number of rotatable bonds is 5. The number of aliphatic hydroxyl groups excluding tert-OH is 1. The Labute approximate surface area is 118 Å². The molecule has 2 unspecified atom stereocenters. The van der Waals surface area contributed by atoms with E-state index in [4.69, 9.17) is 0 Å². The number of aliphatic hydroxyl groups is 1. The summed E-state index contributed by atoms with van der Waals surface area (Å²) in [6, 6.07) is 1.97. The summed E-state index contributed by atoms with van der Waals surface area (Å²) in [6.07, 6.45) is 6.30. The van der Waals surface area contributed by atoms with Crippen molar-refractivity contribution in [2.45, 2.75) is 33.0 Å². The van der Waals surface area contributed by atoms with Crippen LogP contribution >= 0.6 is 0 Å². The fraction of sp³-hybridized carbons (Fsp3) is 0.333. The number of fused-ring (bicyclic) bond motifs is 1. The van der Waals surface area contributed by atoms with Crippen LogP contribution in [-0.4, -0.2) is 25.7 Å². The molecule has 0 saturated carbocycles. The molecule has 0 aliphatic rings. The van der Waals surface area contributed by atoms with Gasteiger partial charge in [-0.1, -0.05) is 24.8 Å². The van der Waals surface area contributed by atoms with Gasteiger partial charge in [-0.2, -0.15) is 5.10 Å². The summed E-state index contributed by atoms with van der Waals surface area (Å²) >= 11 is 0. The number of aryl methyl sites for hydroxylation is 2. The number of nitrogens with one attached hydrogen (secondary N) is 1. The molecule has 0 fully saturated rings. The van der Waals surface area contributed by atoms with Crippen molar-refractivity contribution in [3.63, 3.8) is 0 Å². The molecule has 20 heavy (non-hydrogen) atoms. The van der Waals surface area contributed by atoms with Crippen LogP contribution in [0.4, 0.5) is 0 Å². The lowest BCUT2D eigenvalue weighted by atomic mass is 10.2. The fourth-order valence-corrected chi connectivity index (χ4v) is 2.12. The van der Waals surface area contributed by atoms with E-state index in [1.165, 1.54) is 0 Å². The molecule has 0 aliphatic carbocycles. The van der Waals surface area contributed by atoms with Crippen molar-refractivity contribution in [3.8, 4) is 0 Å². The summed E-state index contributed by atoms with van der Waals surface area (Å²) in [6.45, 7) is 9.47. The van der Waals surface area contributed by atoms with Crippen molar-refractivity contribution in [1.82, 2.24) is 19.9 Å². The average molecular weight is 272 g/mol. The Bertz CT molecular complexity index is 645. The molecule has 2 aromatic heterocycles. The van der Waals surface area contributed by atoms with Gasteiger partial charge in [0.25, 0.3) is 0 Å². The van der Waals surface area contributed by atoms with Crippen LogP contribution in [0.3, 0.4) is 0 Å². The highest BCUT2D eigenvalue weighted by molar-refractivity contribution is 5.49. The van der Waals surface area contributed by atoms with Gasteiger partial charge in [0.05, 0.1) is 11.8 Å². The minimum atomic E-state index is -0.814. The van der Waals surface area contributed by atoms with Crippen LogP contribution in [0.15, 0.2) is 37.1 Å². The highest BCUT2D eigenvalue weighted by Gasteiger charge is 2.16. The molecule has 0 saturated heterocycles. The van der Waals surface area contributed by atoms with E-state index < -0.39 is 6.23 Å². The zero-order chi connectivity index (χ0) is 14.7. The summed E-state index contributed by atoms with van der Waals surface area (Å²) in [5, 5.41) is 17.6. The summed E-state index contributed by atoms with van der Waals surface area (Å²) in [7, 11) is 0. The Morgan fingerprint density at radius 2 is 2.20 bits per heavy atom. The van der Waals surface area contributed by atoms with E-state index in [2.05, 4.69) is 22.0 Å². The van der Waals surface area contributed by atoms with E-state index in [1.54, 1.807) is 16.8 Å². The molecule has 5 nitrogen and oxygen atoms in total. The Morgan fingerprint density at radius 1 is 1.45 bits per heavy atom. The van der Waals surface area contributed by atoms with Crippen molar-refractivity contribution in [2.75, 3.05) is 0 Å². The third-order valence-electron chi connectivity index (χ3n) is 3.06. The number of hydrogen-bond donors (Lipinski definition) is 2. The molecule has 0 spiro atoms. The molecule has 2 rings (SSSR count). The topological polar surface area (TPSA) is 62.5 Å².